The minimum absolute atomic E-state index is 0.336. The van der Waals surface area contributed by atoms with E-state index in [1.165, 1.54) is 5.56 Å². The number of thioether (sulfide) groups is 1. The number of aromatic nitrogens is 1. The van der Waals surface area contributed by atoms with Crippen LogP contribution in [0.5, 0.6) is 0 Å². The molecule has 0 aliphatic carbocycles. The number of rotatable bonds is 3. The second-order valence-corrected chi connectivity index (χ2v) is 4.92. The maximum atomic E-state index is 5.75. The van der Waals surface area contributed by atoms with Crippen molar-refractivity contribution >= 4 is 16.9 Å². The molecule has 2 heterocycles. The Morgan fingerprint density at radius 2 is 2.13 bits per heavy atom. The third kappa shape index (κ3) is 2.50. The average Bonchev–Trinajstić information content (AvgIpc) is 2.60. The van der Waals surface area contributed by atoms with Gasteiger partial charge in [-0.15, -0.1) is 0 Å². The molecule has 0 spiro atoms. The van der Waals surface area contributed by atoms with Gasteiger partial charge in [-0.05, 0) is 30.5 Å². The summed E-state index contributed by atoms with van der Waals surface area (Å²) in [5.41, 5.74) is 7.03. The van der Waals surface area contributed by atoms with Crippen molar-refractivity contribution in [2.24, 2.45) is 10.7 Å². The first-order valence-electron chi connectivity index (χ1n) is 5.18. The van der Waals surface area contributed by atoms with Gasteiger partial charge >= 0.3 is 0 Å². The van der Waals surface area contributed by atoms with E-state index in [4.69, 9.17) is 5.73 Å². The summed E-state index contributed by atoms with van der Waals surface area (Å²) in [6, 6.07) is 4.42. The van der Waals surface area contributed by atoms with Crippen LogP contribution in [0.15, 0.2) is 29.5 Å². The van der Waals surface area contributed by atoms with Gasteiger partial charge in [-0.2, -0.15) is 0 Å². The maximum Gasteiger partial charge on any atom is 0.154 e. The lowest BCUT2D eigenvalue weighted by molar-refractivity contribution is 0.630. The van der Waals surface area contributed by atoms with Gasteiger partial charge in [0.05, 0.1) is 6.04 Å². The average molecular weight is 221 g/mol. The van der Waals surface area contributed by atoms with Crippen LogP contribution in [-0.4, -0.2) is 21.4 Å². The molecule has 0 bridgehead atoms. The highest BCUT2D eigenvalue weighted by molar-refractivity contribution is 8.14. The molecule has 3 nitrogen and oxygen atoms in total. The van der Waals surface area contributed by atoms with Crippen molar-refractivity contribution in [1.82, 2.24) is 4.98 Å². The van der Waals surface area contributed by atoms with Crippen LogP contribution in [0.25, 0.3) is 0 Å². The minimum Gasteiger partial charge on any atom is -0.379 e. The summed E-state index contributed by atoms with van der Waals surface area (Å²) in [5, 5.41) is 1.28. The molecule has 0 saturated heterocycles. The Balaban J connectivity index is 2.05. The largest absolute Gasteiger partial charge is 0.379 e. The first kappa shape index (κ1) is 10.5. The van der Waals surface area contributed by atoms with Gasteiger partial charge in [0.25, 0.3) is 0 Å². The van der Waals surface area contributed by atoms with Crippen LogP contribution in [0.1, 0.15) is 18.9 Å². The smallest absolute Gasteiger partial charge is 0.154 e. The quantitative estimate of drug-likeness (QED) is 0.847. The predicted molar refractivity (Wildman–Crippen MR) is 65.0 cm³/mol. The number of nitrogens with two attached hydrogens (primary N) is 1. The summed E-state index contributed by atoms with van der Waals surface area (Å²) in [4.78, 5) is 8.48. The zero-order chi connectivity index (χ0) is 10.7. The van der Waals surface area contributed by atoms with Gasteiger partial charge in [-0.25, -0.2) is 0 Å². The second kappa shape index (κ2) is 4.66. The normalized spacial score (nSPS) is 25.3. The molecule has 80 valence electrons. The Kier molecular flexibility index (Phi) is 3.26. The van der Waals surface area contributed by atoms with Crippen LogP contribution in [0, 0.1) is 0 Å². The summed E-state index contributed by atoms with van der Waals surface area (Å²) in [5.74, 6) is 0. The van der Waals surface area contributed by atoms with Crippen molar-refractivity contribution in [1.29, 1.82) is 0 Å². The van der Waals surface area contributed by atoms with E-state index in [2.05, 4.69) is 16.9 Å². The molecule has 0 aromatic carbocycles. The van der Waals surface area contributed by atoms with E-state index in [9.17, 15) is 0 Å². The highest BCUT2D eigenvalue weighted by Gasteiger charge is 2.27. The molecule has 1 aromatic heterocycles. The van der Waals surface area contributed by atoms with Gasteiger partial charge in [0.15, 0.2) is 5.17 Å². The Morgan fingerprint density at radius 1 is 1.40 bits per heavy atom. The van der Waals surface area contributed by atoms with Gasteiger partial charge < -0.3 is 5.73 Å². The van der Waals surface area contributed by atoms with Crippen molar-refractivity contribution in [3.63, 3.8) is 0 Å². The van der Waals surface area contributed by atoms with Crippen molar-refractivity contribution in [2.45, 2.75) is 31.1 Å². The fourth-order valence-electron chi connectivity index (χ4n) is 1.80. The molecule has 4 heteroatoms. The van der Waals surface area contributed by atoms with Crippen LogP contribution in [0.2, 0.25) is 0 Å². The first-order chi connectivity index (χ1) is 7.29. The Hall–Kier alpha value is -1.03. The van der Waals surface area contributed by atoms with E-state index in [0.29, 0.717) is 11.3 Å². The number of hydrogen-bond acceptors (Lipinski definition) is 4. The molecule has 1 unspecified atom stereocenters. The van der Waals surface area contributed by atoms with E-state index in [0.717, 1.165) is 18.0 Å². The van der Waals surface area contributed by atoms with Gasteiger partial charge in [-0.1, -0.05) is 18.7 Å². The lowest BCUT2D eigenvalue weighted by Crippen LogP contribution is -2.19. The van der Waals surface area contributed by atoms with E-state index in [-0.39, 0.29) is 0 Å². The third-order valence-corrected chi connectivity index (χ3v) is 3.89. The fraction of sp³-hybridized carbons (Fsp3) is 0.455. The van der Waals surface area contributed by atoms with E-state index in [1.807, 2.05) is 24.5 Å². The van der Waals surface area contributed by atoms with Crippen LogP contribution in [0.3, 0.4) is 0 Å². The molecule has 2 rings (SSSR count). The molecule has 0 radical (unpaired) electrons. The second-order valence-electron chi connectivity index (χ2n) is 3.66. The molecule has 15 heavy (non-hydrogen) atoms. The standard InChI is InChI=1S/C11H15N3S/c1-2-10-9(14-11(12)15-10)7-8-3-5-13-6-4-8/h3-6,9-10H,2,7H2,1H3,(H2,12,14)/t9-,10?/m1/s1. The van der Waals surface area contributed by atoms with E-state index < -0.39 is 0 Å². The monoisotopic (exact) mass is 221 g/mol. The summed E-state index contributed by atoms with van der Waals surface area (Å²) >= 11 is 1.71. The zero-order valence-corrected chi connectivity index (χ0v) is 9.57. The van der Waals surface area contributed by atoms with Crippen LogP contribution in [-0.2, 0) is 6.42 Å². The van der Waals surface area contributed by atoms with Crippen LogP contribution >= 0.6 is 11.8 Å². The molecule has 0 amide bonds. The molecule has 2 N–H and O–H groups in total. The van der Waals surface area contributed by atoms with Crippen LogP contribution < -0.4 is 5.73 Å². The molecule has 0 saturated carbocycles. The minimum atomic E-state index is 0.336. The first-order valence-corrected chi connectivity index (χ1v) is 6.06. The summed E-state index contributed by atoms with van der Waals surface area (Å²) < 4.78 is 0. The molecule has 1 aliphatic rings. The van der Waals surface area contributed by atoms with Gasteiger partial charge in [0.1, 0.15) is 0 Å². The van der Waals surface area contributed by atoms with Crippen molar-refractivity contribution in [3.05, 3.63) is 30.1 Å². The number of aliphatic imine (C=N–C) groups is 1. The summed E-state index contributed by atoms with van der Waals surface area (Å²) in [6.45, 7) is 2.19. The lowest BCUT2D eigenvalue weighted by Gasteiger charge is -2.14. The topological polar surface area (TPSA) is 51.3 Å². The number of amidine groups is 1. The fourth-order valence-corrected chi connectivity index (χ4v) is 2.79. The Morgan fingerprint density at radius 3 is 2.80 bits per heavy atom. The Bertz CT molecular complexity index is 350. The lowest BCUT2D eigenvalue weighted by atomic mass is 10.0. The van der Waals surface area contributed by atoms with Gasteiger partial charge in [0.2, 0.25) is 0 Å². The predicted octanol–water partition coefficient (Wildman–Crippen LogP) is 1.83. The third-order valence-electron chi connectivity index (χ3n) is 2.59. The maximum absolute atomic E-state index is 5.75. The van der Waals surface area contributed by atoms with Gasteiger partial charge in [0, 0.05) is 17.6 Å². The van der Waals surface area contributed by atoms with Crippen molar-refractivity contribution < 1.29 is 0 Å². The van der Waals surface area contributed by atoms with Crippen LogP contribution in [0.4, 0.5) is 0 Å². The highest BCUT2D eigenvalue weighted by atomic mass is 32.2. The molecular formula is C11H15N3S. The zero-order valence-electron chi connectivity index (χ0n) is 8.76. The number of pyridine rings is 1. The van der Waals surface area contributed by atoms with E-state index in [1.54, 1.807) is 11.8 Å². The molecule has 0 fully saturated rings. The highest BCUT2D eigenvalue weighted by Crippen LogP contribution is 2.29. The number of nitrogens with zero attached hydrogens (tertiary/aromatic N) is 2. The molecule has 1 aromatic rings. The Labute approximate surface area is 94.2 Å². The summed E-state index contributed by atoms with van der Waals surface area (Å²) in [6.07, 6.45) is 5.73. The van der Waals surface area contributed by atoms with Crippen molar-refractivity contribution in [3.8, 4) is 0 Å². The summed E-state index contributed by atoms with van der Waals surface area (Å²) in [7, 11) is 0. The molecule has 1 aliphatic heterocycles. The molecular weight excluding hydrogens is 206 g/mol. The van der Waals surface area contributed by atoms with Gasteiger partial charge in [-0.3, -0.25) is 9.98 Å². The van der Waals surface area contributed by atoms with E-state index >= 15 is 0 Å². The SMILES string of the molecule is CCC1SC(N)=N[C@@H]1Cc1ccncc1. The molecule has 2 atom stereocenters. The number of hydrogen-bond donors (Lipinski definition) is 1. The van der Waals surface area contributed by atoms with Crippen molar-refractivity contribution in [2.75, 3.05) is 0 Å².